The van der Waals surface area contributed by atoms with Crippen LogP contribution in [-0.4, -0.2) is 5.97 Å². The summed E-state index contributed by atoms with van der Waals surface area (Å²) in [5, 5.41) is 0. The maximum Gasteiger partial charge on any atom is 0.331 e. The zero-order valence-corrected chi connectivity index (χ0v) is 14.7. The first-order chi connectivity index (χ1) is 13.4. The number of hydrogen-bond donors (Lipinski definition) is 0. The molecule has 0 spiro atoms. The Morgan fingerprint density at radius 1 is 0.821 bits per heavy atom. The predicted octanol–water partition coefficient (Wildman–Crippen LogP) is 4.52. The van der Waals surface area contributed by atoms with Crippen LogP contribution in [0.2, 0.25) is 0 Å². The smallest absolute Gasteiger partial charge is 0.331 e. The molecule has 28 heavy (non-hydrogen) atoms. The molecule has 5 aliphatic rings. The van der Waals surface area contributed by atoms with Crippen molar-refractivity contribution in [1.29, 1.82) is 0 Å². The van der Waals surface area contributed by atoms with Crippen LogP contribution in [0.1, 0.15) is 24.8 Å². The van der Waals surface area contributed by atoms with Crippen molar-refractivity contribution in [2.75, 3.05) is 0 Å². The Hall–Kier alpha value is -1.92. The Balaban J connectivity index is 1.17. The second-order valence-electron chi connectivity index (χ2n) is 8.96. The molecule has 0 saturated heterocycles. The minimum absolute atomic E-state index is 0.402. The maximum atomic E-state index is 13.7. The highest BCUT2D eigenvalue weighted by Crippen LogP contribution is 2.82. The molecule has 1 aromatic rings. The van der Waals surface area contributed by atoms with Crippen LogP contribution >= 0.6 is 0 Å². The number of carbonyl (C=O) groups is 1. The molecule has 0 aromatic heterocycles. The number of rotatable bonds is 3. The summed E-state index contributed by atoms with van der Waals surface area (Å²) in [7, 11) is 0. The van der Waals surface area contributed by atoms with Crippen LogP contribution in [0, 0.1) is 76.4 Å². The quantitative estimate of drug-likeness (QED) is 0.247. The normalized spacial score (nSPS) is 40.8. The van der Waals surface area contributed by atoms with E-state index in [0.29, 0.717) is 23.7 Å². The summed E-state index contributed by atoms with van der Waals surface area (Å²) < 4.78 is 71.8. The third-order valence-corrected chi connectivity index (χ3v) is 8.39. The summed E-state index contributed by atoms with van der Waals surface area (Å²) in [6.45, 7) is -0.994. The van der Waals surface area contributed by atoms with Crippen LogP contribution in [0.25, 0.3) is 0 Å². The van der Waals surface area contributed by atoms with Crippen LogP contribution in [0.3, 0.4) is 0 Å². The van der Waals surface area contributed by atoms with Crippen LogP contribution in [0.5, 0.6) is 0 Å². The largest absolute Gasteiger partial charge is 0.457 e. The average molecular weight is 396 g/mol. The minimum Gasteiger partial charge on any atom is -0.457 e. The van der Waals surface area contributed by atoms with E-state index in [1.165, 1.54) is 18.9 Å². The average Bonchev–Trinajstić information content (AvgIpc) is 3.11. The van der Waals surface area contributed by atoms with E-state index < -0.39 is 47.2 Å². The lowest BCUT2D eigenvalue weighted by Crippen LogP contribution is -2.67. The van der Waals surface area contributed by atoms with Gasteiger partial charge in [0.15, 0.2) is 23.3 Å². The third kappa shape index (κ3) is 1.81. The van der Waals surface area contributed by atoms with Gasteiger partial charge >= 0.3 is 5.97 Å². The van der Waals surface area contributed by atoms with E-state index in [-0.39, 0.29) is 0 Å². The van der Waals surface area contributed by atoms with Crippen LogP contribution in [0.4, 0.5) is 22.0 Å². The number of fused-ring (bicyclic) bond motifs is 11. The van der Waals surface area contributed by atoms with Crippen LogP contribution in [0.15, 0.2) is 11.6 Å². The topological polar surface area (TPSA) is 26.3 Å². The highest BCUT2D eigenvalue weighted by Gasteiger charge is 2.77. The molecule has 0 amide bonds. The fourth-order valence-corrected chi connectivity index (χ4v) is 7.19. The van der Waals surface area contributed by atoms with Crippen molar-refractivity contribution in [2.24, 2.45) is 47.3 Å². The molecule has 1 aromatic carbocycles. The number of benzene rings is 1. The molecule has 7 heteroatoms. The Morgan fingerprint density at radius 2 is 1.32 bits per heavy atom. The molecule has 5 fully saturated rings. The molecule has 148 valence electrons. The van der Waals surface area contributed by atoms with Gasteiger partial charge in [-0.05, 0) is 66.6 Å². The monoisotopic (exact) mass is 396 g/mol. The number of halogens is 5. The Labute approximate surface area is 157 Å². The third-order valence-electron chi connectivity index (χ3n) is 8.39. The Kier molecular flexibility index (Phi) is 3.25. The molecule has 8 unspecified atom stereocenters. The fraction of sp³-hybridized carbons (Fsp3) is 0.571. The number of esters is 1. The standard InChI is InChI=1S/C21H17F5O2/c22-17-11(18(23)20(25)21(26)19(17)24)5-28-12(27)4-8-9-3-10(8)16-14-7-2-1-6(7)13(14)15(9)16/h4,6-7,9-10,13-16H,1-3,5H2. The van der Waals surface area contributed by atoms with Gasteiger partial charge < -0.3 is 4.74 Å². The second kappa shape index (κ2) is 5.36. The Bertz CT molecular complexity index is 898. The minimum atomic E-state index is -2.22. The molecule has 0 heterocycles. The first-order valence-corrected chi connectivity index (χ1v) is 9.78. The van der Waals surface area contributed by atoms with Crippen LogP contribution < -0.4 is 0 Å². The first kappa shape index (κ1) is 17.0. The van der Waals surface area contributed by atoms with Crippen molar-refractivity contribution in [2.45, 2.75) is 25.9 Å². The molecule has 0 radical (unpaired) electrons. The molecule has 2 bridgehead atoms. The van der Waals surface area contributed by atoms with E-state index in [1.807, 2.05) is 0 Å². The summed E-state index contributed by atoms with van der Waals surface area (Å²) in [6, 6.07) is 0. The van der Waals surface area contributed by atoms with E-state index in [4.69, 9.17) is 4.74 Å². The molecule has 2 nitrogen and oxygen atoms in total. The van der Waals surface area contributed by atoms with Gasteiger partial charge in [0.1, 0.15) is 6.61 Å². The van der Waals surface area contributed by atoms with Gasteiger partial charge in [0, 0.05) is 6.08 Å². The van der Waals surface area contributed by atoms with E-state index in [9.17, 15) is 26.7 Å². The van der Waals surface area contributed by atoms with Gasteiger partial charge in [0.25, 0.3) is 0 Å². The summed E-state index contributed by atoms with van der Waals surface area (Å²) in [4.78, 5) is 12.1. The van der Waals surface area contributed by atoms with Crippen molar-refractivity contribution < 1.29 is 31.5 Å². The Morgan fingerprint density at radius 3 is 1.82 bits per heavy atom. The van der Waals surface area contributed by atoms with Crippen LogP contribution in [-0.2, 0) is 16.1 Å². The van der Waals surface area contributed by atoms with Crippen molar-refractivity contribution in [3.05, 3.63) is 46.3 Å². The number of ether oxygens (including phenoxy) is 1. The van der Waals surface area contributed by atoms with Gasteiger partial charge in [-0.2, -0.15) is 0 Å². The molecular weight excluding hydrogens is 379 g/mol. The van der Waals surface area contributed by atoms with Gasteiger partial charge in [-0.3, -0.25) is 0 Å². The predicted molar refractivity (Wildman–Crippen MR) is 85.9 cm³/mol. The van der Waals surface area contributed by atoms with Gasteiger partial charge in [0.2, 0.25) is 5.82 Å². The zero-order chi connectivity index (χ0) is 19.5. The summed E-state index contributed by atoms with van der Waals surface area (Å²) in [5.41, 5.74) is -0.0689. The van der Waals surface area contributed by atoms with E-state index in [2.05, 4.69) is 0 Å². The molecule has 6 rings (SSSR count). The van der Waals surface area contributed by atoms with Gasteiger partial charge in [-0.25, -0.2) is 26.7 Å². The van der Waals surface area contributed by atoms with E-state index in [0.717, 1.165) is 35.7 Å². The molecule has 5 aliphatic carbocycles. The SMILES string of the molecule is O=C(C=C1C2CC1C1C2C2C3CCC3C12)OCc1c(F)c(F)c(F)c(F)c1F. The number of allylic oxidation sites excluding steroid dienone is 1. The molecule has 8 atom stereocenters. The van der Waals surface area contributed by atoms with Crippen molar-refractivity contribution in [3.8, 4) is 0 Å². The lowest BCUT2D eigenvalue weighted by molar-refractivity contribution is -0.241. The van der Waals surface area contributed by atoms with Crippen molar-refractivity contribution in [1.82, 2.24) is 0 Å². The van der Waals surface area contributed by atoms with E-state index in [1.54, 1.807) is 0 Å². The van der Waals surface area contributed by atoms with Gasteiger partial charge in [-0.1, -0.05) is 5.57 Å². The highest BCUT2D eigenvalue weighted by molar-refractivity contribution is 5.83. The van der Waals surface area contributed by atoms with E-state index >= 15 is 0 Å². The van der Waals surface area contributed by atoms with Crippen molar-refractivity contribution >= 4 is 5.97 Å². The molecular formula is C21H17F5O2. The summed E-state index contributed by atoms with van der Waals surface area (Å²) in [6.07, 6.45) is 5.15. The molecule has 0 aliphatic heterocycles. The highest BCUT2D eigenvalue weighted by atomic mass is 19.2. The maximum absolute atomic E-state index is 13.7. The number of hydrogen-bond acceptors (Lipinski definition) is 2. The fourth-order valence-electron chi connectivity index (χ4n) is 7.19. The lowest BCUT2D eigenvalue weighted by Gasteiger charge is -2.71. The molecule has 0 N–H and O–H groups in total. The second-order valence-corrected chi connectivity index (χ2v) is 8.96. The van der Waals surface area contributed by atoms with Gasteiger partial charge in [-0.15, -0.1) is 0 Å². The summed E-state index contributed by atoms with van der Waals surface area (Å²) in [5.74, 6) is -5.48. The summed E-state index contributed by atoms with van der Waals surface area (Å²) >= 11 is 0. The van der Waals surface area contributed by atoms with Crippen molar-refractivity contribution in [3.63, 3.8) is 0 Å². The molecule has 5 saturated carbocycles. The zero-order valence-electron chi connectivity index (χ0n) is 14.7. The lowest BCUT2D eigenvalue weighted by atomic mass is 9.33. The number of carbonyl (C=O) groups excluding carboxylic acids is 1. The first-order valence-electron chi connectivity index (χ1n) is 9.78. The van der Waals surface area contributed by atoms with Gasteiger partial charge in [0.05, 0.1) is 5.56 Å².